The van der Waals surface area contributed by atoms with Gasteiger partial charge in [-0.1, -0.05) is 0 Å². The number of alkyl halides is 3. The molecule has 1 saturated heterocycles. The number of halogens is 3. The van der Waals surface area contributed by atoms with Crippen molar-refractivity contribution in [3.63, 3.8) is 0 Å². The van der Waals surface area contributed by atoms with Crippen LogP contribution < -0.4 is 10.6 Å². The van der Waals surface area contributed by atoms with Crippen LogP contribution in [0.1, 0.15) is 38.5 Å². The van der Waals surface area contributed by atoms with E-state index in [0.29, 0.717) is 12.5 Å². The maximum atomic E-state index is 12.6. The van der Waals surface area contributed by atoms with Crippen molar-refractivity contribution in [2.24, 2.45) is 5.92 Å². The molecule has 0 bridgehead atoms. The zero-order valence-corrected chi connectivity index (χ0v) is 10.1. The lowest BCUT2D eigenvalue weighted by atomic mass is 9.93. The average molecular weight is 250 g/mol. The lowest BCUT2D eigenvalue weighted by Gasteiger charge is -2.24. The van der Waals surface area contributed by atoms with Gasteiger partial charge in [0.2, 0.25) is 0 Å². The monoisotopic (exact) mass is 250 g/mol. The molecule has 0 aromatic carbocycles. The molecule has 1 heterocycles. The van der Waals surface area contributed by atoms with Crippen molar-refractivity contribution >= 4 is 0 Å². The first-order valence-corrected chi connectivity index (χ1v) is 6.56. The van der Waals surface area contributed by atoms with Gasteiger partial charge in [0.05, 0.1) is 0 Å². The lowest BCUT2D eigenvalue weighted by Crippen LogP contribution is -2.45. The third kappa shape index (κ3) is 3.35. The van der Waals surface area contributed by atoms with Crippen LogP contribution in [-0.2, 0) is 0 Å². The van der Waals surface area contributed by atoms with E-state index in [2.05, 4.69) is 10.6 Å². The number of piperidine rings is 1. The van der Waals surface area contributed by atoms with E-state index >= 15 is 0 Å². The van der Waals surface area contributed by atoms with E-state index in [-0.39, 0.29) is 12.8 Å². The molecule has 5 heteroatoms. The summed E-state index contributed by atoms with van der Waals surface area (Å²) in [5.74, 6) is 0.707. The fourth-order valence-electron chi connectivity index (χ4n) is 2.57. The van der Waals surface area contributed by atoms with Gasteiger partial charge in [0.15, 0.2) is 0 Å². The van der Waals surface area contributed by atoms with Gasteiger partial charge < -0.3 is 10.6 Å². The molecule has 100 valence electrons. The van der Waals surface area contributed by atoms with E-state index in [4.69, 9.17) is 0 Å². The van der Waals surface area contributed by atoms with Gasteiger partial charge in [-0.2, -0.15) is 13.2 Å². The number of rotatable bonds is 5. The third-order valence-electron chi connectivity index (χ3n) is 4.00. The molecule has 0 spiro atoms. The highest BCUT2D eigenvalue weighted by Crippen LogP contribution is 2.48. The number of hydrogen-bond acceptors (Lipinski definition) is 2. The Labute approximate surface area is 100 Å². The molecule has 1 aliphatic carbocycles. The Morgan fingerprint density at radius 3 is 2.35 bits per heavy atom. The van der Waals surface area contributed by atoms with Crippen LogP contribution in [0.2, 0.25) is 0 Å². The molecule has 1 aliphatic heterocycles. The summed E-state index contributed by atoms with van der Waals surface area (Å²) >= 11 is 0. The molecule has 1 saturated carbocycles. The van der Waals surface area contributed by atoms with E-state index in [9.17, 15) is 13.2 Å². The highest BCUT2D eigenvalue weighted by molar-refractivity contribution is 5.07. The first-order chi connectivity index (χ1) is 8.04. The Morgan fingerprint density at radius 2 is 1.82 bits per heavy atom. The van der Waals surface area contributed by atoms with Crippen molar-refractivity contribution in [2.75, 3.05) is 19.6 Å². The Balaban J connectivity index is 1.60. The maximum absolute atomic E-state index is 12.6. The molecule has 0 amide bonds. The van der Waals surface area contributed by atoms with Crippen molar-refractivity contribution in [3.8, 4) is 0 Å². The molecule has 2 fully saturated rings. The fraction of sp³-hybridized carbons (Fsp3) is 1.00. The summed E-state index contributed by atoms with van der Waals surface area (Å²) in [6, 6.07) is 0. The quantitative estimate of drug-likeness (QED) is 0.732. The van der Waals surface area contributed by atoms with Gasteiger partial charge in [0, 0.05) is 0 Å². The fourth-order valence-corrected chi connectivity index (χ4v) is 2.57. The van der Waals surface area contributed by atoms with Crippen molar-refractivity contribution in [3.05, 3.63) is 0 Å². The molecule has 0 aromatic rings. The van der Waals surface area contributed by atoms with Gasteiger partial charge in [0.25, 0.3) is 0 Å². The molecule has 17 heavy (non-hydrogen) atoms. The summed E-state index contributed by atoms with van der Waals surface area (Å²) in [7, 11) is 0. The summed E-state index contributed by atoms with van der Waals surface area (Å²) in [5.41, 5.74) is -1.53. The van der Waals surface area contributed by atoms with Crippen molar-refractivity contribution in [1.82, 2.24) is 10.6 Å². The van der Waals surface area contributed by atoms with Gasteiger partial charge in [-0.15, -0.1) is 0 Å². The van der Waals surface area contributed by atoms with Gasteiger partial charge in [-0.25, -0.2) is 0 Å². The highest BCUT2D eigenvalue weighted by Gasteiger charge is 2.62. The normalized spacial score (nSPS) is 24.9. The molecule has 0 atom stereocenters. The molecule has 2 rings (SSSR count). The molecule has 0 radical (unpaired) electrons. The van der Waals surface area contributed by atoms with Crippen LogP contribution in [-0.4, -0.2) is 31.3 Å². The first kappa shape index (κ1) is 13.1. The van der Waals surface area contributed by atoms with E-state index in [1.165, 1.54) is 12.8 Å². The molecular weight excluding hydrogens is 229 g/mol. The van der Waals surface area contributed by atoms with Crippen LogP contribution in [0.3, 0.4) is 0 Å². The maximum Gasteiger partial charge on any atom is 0.406 e. The van der Waals surface area contributed by atoms with E-state index in [0.717, 1.165) is 25.9 Å². The number of nitrogens with one attached hydrogen (secondary N) is 2. The number of hydrogen-bond donors (Lipinski definition) is 2. The molecule has 2 nitrogen and oxygen atoms in total. The van der Waals surface area contributed by atoms with Crippen molar-refractivity contribution in [2.45, 2.75) is 50.2 Å². The second-order valence-electron chi connectivity index (χ2n) is 5.34. The van der Waals surface area contributed by atoms with Crippen LogP contribution in [0, 0.1) is 5.92 Å². The predicted octanol–water partition coefficient (Wildman–Crippen LogP) is 2.45. The van der Waals surface area contributed by atoms with E-state index < -0.39 is 11.7 Å². The summed E-state index contributed by atoms with van der Waals surface area (Å²) in [6.07, 6.45) is 0.704. The molecule has 0 aromatic heterocycles. The summed E-state index contributed by atoms with van der Waals surface area (Å²) < 4.78 is 37.8. The predicted molar refractivity (Wildman–Crippen MR) is 60.9 cm³/mol. The van der Waals surface area contributed by atoms with Crippen LogP contribution in [0.5, 0.6) is 0 Å². The SMILES string of the molecule is FC(F)(F)C1(NCCCC2CCNCC2)CC1. The van der Waals surface area contributed by atoms with Gasteiger partial charge >= 0.3 is 6.18 Å². The van der Waals surface area contributed by atoms with Crippen molar-refractivity contribution in [1.29, 1.82) is 0 Å². The minimum atomic E-state index is -4.07. The first-order valence-electron chi connectivity index (χ1n) is 6.56. The lowest BCUT2D eigenvalue weighted by molar-refractivity contribution is -0.165. The topological polar surface area (TPSA) is 24.1 Å². The van der Waals surface area contributed by atoms with E-state index in [1.807, 2.05) is 0 Å². The second-order valence-corrected chi connectivity index (χ2v) is 5.34. The zero-order chi connectivity index (χ0) is 12.4. The molecule has 2 aliphatic rings. The van der Waals surface area contributed by atoms with Gasteiger partial charge in [-0.05, 0) is 64.1 Å². The van der Waals surface area contributed by atoms with Gasteiger partial charge in [0.1, 0.15) is 5.54 Å². The minimum absolute atomic E-state index is 0.254. The molecular formula is C12H21F3N2. The largest absolute Gasteiger partial charge is 0.406 e. The van der Waals surface area contributed by atoms with Crippen LogP contribution in [0.15, 0.2) is 0 Å². The Hall–Kier alpha value is -0.290. The Bertz CT molecular complexity index is 243. The summed E-state index contributed by atoms with van der Waals surface area (Å²) in [4.78, 5) is 0. The third-order valence-corrected chi connectivity index (χ3v) is 4.00. The van der Waals surface area contributed by atoms with Crippen LogP contribution in [0.25, 0.3) is 0 Å². The van der Waals surface area contributed by atoms with Crippen LogP contribution in [0.4, 0.5) is 13.2 Å². The van der Waals surface area contributed by atoms with Crippen molar-refractivity contribution < 1.29 is 13.2 Å². The van der Waals surface area contributed by atoms with E-state index in [1.54, 1.807) is 0 Å². The second kappa shape index (κ2) is 5.14. The summed E-state index contributed by atoms with van der Waals surface area (Å²) in [6.45, 7) is 2.62. The highest BCUT2D eigenvalue weighted by atomic mass is 19.4. The Kier molecular flexibility index (Phi) is 3.98. The Morgan fingerprint density at radius 1 is 1.18 bits per heavy atom. The molecule has 0 unspecified atom stereocenters. The molecule has 2 N–H and O–H groups in total. The standard InChI is InChI=1S/C12H21F3N2/c13-12(14,15)11(5-6-11)17-7-1-2-10-3-8-16-9-4-10/h10,16-17H,1-9H2. The zero-order valence-electron chi connectivity index (χ0n) is 10.1. The van der Waals surface area contributed by atoms with Gasteiger partial charge in [-0.3, -0.25) is 0 Å². The summed E-state index contributed by atoms with van der Waals surface area (Å²) in [5, 5.41) is 6.00. The van der Waals surface area contributed by atoms with Crippen LogP contribution >= 0.6 is 0 Å². The smallest absolute Gasteiger partial charge is 0.317 e. The average Bonchev–Trinajstić information content (AvgIpc) is 3.06. The minimum Gasteiger partial charge on any atom is -0.317 e.